The highest BCUT2D eigenvalue weighted by molar-refractivity contribution is 5.87. The van der Waals surface area contributed by atoms with E-state index in [9.17, 15) is 9.18 Å². The molecule has 0 radical (unpaired) electrons. The predicted molar refractivity (Wildman–Crippen MR) is 68.4 cm³/mol. The van der Waals surface area contributed by atoms with Crippen molar-refractivity contribution in [1.82, 2.24) is 4.90 Å². The van der Waals surface area contributed by atoms with E-state index in [1.807, 2.05) is 0 Å². The smallest absolute Gasteiger partial charge is 0.335 e. The highest BCUT2D eigenvalue weighted by atomic mass is 19.1. The number of aromatic carboxylic acids is 1. The number of benzene rings is 1. The fourth-order valence-corrected chi connectivity index (χ4v) is 2.51. The van der Waals surface area contributed by atoms with Crippen molar-refractivity contribution < 1.29 is 19.4 Å². The number of carbonyl (C=O) groups is 1. The molecule has 1 aromatic carbocycles. The van der Waals surface area contributed by atoms with Gasteiger partial charge in [-0.3, -0.25) is 4.90 Å². The van der Waals surface area contributed by atoms with Gasteiger partial charge in [0.15, 0.2) is 0 Å². The second kappa shape index (κ2) is 6.12. The summed E-state index contributed by atoms with van der Waals surface area (Å²) in [6.07, 6.45) is 1.97. The molecule has 1 heterocycles. The van der Waals surface area contributed by atoms with Crippen molar-refractivity contribution >= 4 is 5.97 Å². The van der Waals surface area contributed by atoms with Gasteiger partial charge < -0.3 is 10.2 Å². The molecule has 19 heavy (non-hydrogen) atoms. The number of carboxylic acids is 1. The number of aliphatic hydroxyl groups is 1. The molecule has 0 aliphatic carbocycles. The average molecular weight is 267 g/mol. The lowest BCUT2D eigenvalue weighted by molar-refractivity contribution is 0.0696. The quantitative estimate of drug-likeness (QED) is 0.872. The number of rotatable bonds is 4. The summed E-state index contributed by atoms with van der Waals surface area (Å²) in [6.45, 7) is 2.12. The molecule has 5 heteroatoms. The highest BCUT2D eigenvalue weighted by Crippen LogP contribution is 2.20. The average Bonchev–Trinajstić information content (AvgIpc) is 2.41. The van der Waals surface area contributed by atoms with E-state index in [1.54, 1.807) is 0 Å². The van der Waals surface area contributed by atoms with E-state index in [0.717, 1.165) is 25.9 Å². The molecule has 1 aliphatic heterocycles. The molecule has 0 spiro atoms. The SMILES string of the molecule is O=C(O)c1ccc(F)c(CN2CCCC(CO)C2)c1. The van der Waals surface area contributed by atoms with Gasteiger partial charge in [-0.1, -0.05) is 0 Å². The first-order valence-electron chi connectivity index (χ1n) is 6.45. The van der Waals surface area contributed by atoms with Crippen LogP contribution in [0, 0.1) is 11.7 Å². The normalized spacial score (nSPS) is 20.4. The molecule has 2 N–H and O–H groups in total. The van der Waals surface area contributed by atoms with Gasteiger partial charge in [-0.2, -0.15) is 0 Å². The zero-order valence-corrected chi connectivity index (χ0v) is 10.7. The zero-order chi connectivity index (χ0) is 13.8. The Morgan fingerprint density at radius 3 is 2.95 bits per heavy atom. The van der Waals surface area contributed by atoms with Gasteiger partial charge in [0.1, 0.15) is 5.82 Å². The molecule has 1 aromatic rings. The second-order valence-corrected chi connectivity index (χ2v) is 5.04. The van der Waals surface area contributed by atoms with Gasteiger partial charge in [-0.25, -0.2) is 9.18 Å². The van der Waals surface area contributed by atoms with Crippen molar-refractivity contribution in [2.75, 3.05) is 19.7 Å². The number of hydrogen-bond acceptors (Lipinski definition) is 3. The first-order chi connectivity index (χ1) is 9.10. The summed E-state index contributed by atoms with van der Waals surface area (Å²) >= 11 is 0. The van der Waals surface area contributed by atoms with E-state index in [2.05, 4.69) is 4.90 Å². The molecule has 2 rings (SSSR count). The second-order valence-electron chi connectivity index (χ2n) is 5.04. The van der Waals surface area contributed by atoms with Crippen molar-refractivity contribution in [3.63, 3.8) is 0 Å². The van der Waals surface area contributed by atoms with E-state index in [0.29, 0.717) is 12.1 Å². The van der Waals surface area contributed by atoms with Gasteiger partial charge >= 0.3 is 5.97 Å². The fourth-order valence-electron chi connectivity index (χ4n) is 2.51. The summed E-state index contributed by atoms with van der Waals surface area (Å²) in [7, 11) is 0. The van der Waals surface area contributed by atoms with E-state index in [1.165, 1.54) is 18.2 Å². The van der Waals surface area contributed by atoms with Crippen LogP contribution in [0.25, 0.3) is 0 Å². The van der Waals surface area contributed by atoms with Gasteiger partial charge in [0.05, 0.1) is 5.56 Å². The molecule has 0 bridgehead atoms. The third-order valence-electron chi connectivity index (χ3n) is 3.55. The predicted octanol–water partition coefficient (Wildman–Crippen LogP) is 1.73. The van der Waals surface area contributed by atoms with Crippen molar-refractivity contribution in [1.29, 1.82) is 0 Å². The maximum Gasteiger partial charge on any atom is 0.335 e. The molecule has 1 aliphatic rings. The topological polar surface area (TPSA) is 60.8 Å². The van der Waals surface area contributed by atoms with E-state index in [-0.39, 0.29) is 23.9 Å². The summed E-state index contributed by atoms with van der Waals surface area (Å²) in [5.74, 6) is -1.19. The van der Waals surface area contributed by atoms with Crippen LogP contribution in [0.2, 0.25) is 0 Å². The van der Waals surface area contributed by atoms with Crippen LogP contribution in [0.4, 0.5) is 4.39 Å². The largest absolute Gasteiger partial charge is 0.478 e. The van der Waals surface area contributed by atoms with Gasteiger partial charge in [-0.05, 0) is 43.5 Å². The molecular formula is C14H18FNO3. The van der Waals surface area contributed by atoms with Gasteiger partial charge in [0.2, 0.25) is 0 Å². The van der Waals surface area contributed by atoms with E-state index >= 15 is 0 Å². The summed E-state index contributed by atoms with van der Waals surface area (Å²) < 4.78 is 13.7. The Hall–Kier alpha value is -1.46. The minimum Gasteiger partial charge on any atom is -0.478 e. The number of halogens is 1. The first kappa shape index (κ1) is 14.0. The van der Waals surface area contributed by atoms with Gasteiger partial charge in [-0.15, -0.1) is 0 Å². The lowest BCUT2D eigenvalue weighted by Crippen LogP contribution is -2.36. The zero-order valence-electron chi connectivity index (χ0n) is 10.7. The van der Waals surface area contributed by atoms with Crippen LogP contribution in [-0.2, 0) is 6.54 Å². The van der Waals surface area contributed by atoms with Crippen LogP contribution in [0.15, 0.2) is 18.2 Å². The maximum atomic E-state index is 13.7. The molecule has 0 amide bonds. The van der Waals surface area contributed by atoms with Crippen molar-refractivity contribution in [2.24, 2.45) is 5.92 Å². The molecule has 1 atom stereocenters. The summed E-state index contributed by atoms with van der Waals surface area (Å²) in [4.78, 5) is 12.9. The van der Waals surface area contributed by atoms with Crippen molar-refractivity contribution in [3.8, 4) is 0 Å². The minimum absolute atomic E-state index is 0.104. The number of piperidine rings is 1. The number of hydrogen-bond donors (Lipinski definition) is 2. The third-order valence-corrected chi connectivity index (χ3v) is 3.55. The third kappa shape index (κ3) is 3.52. The number of aliphatic hydroxyl groups excluding tert-OH is 1. The van der Waals surface area contributed by atoms with Crippen LogP contribution >= 0.6 is 0 Å². The lowest BCUT2D eigenvalue weighted by Gasteiger charge is -2.31. The molecule has 1 saturated heterocycles. The van der Waals surface area contributed by atoms with Crippen LogP contribution in [0.5, 0.6) is 0 Å². The van der Waals surface area contributed by atoms with Crippen LogP contribution in [0.1, 0.15) is 28.8 Å². The Balaban J connectivity index is 2.09. The molecule has 104 valence electrons. The first-order valence-corrected chi connectivity index (χ1v) is 6.45. The maximum absolute atomic E-state index is 13.7. The Bertz CT molecular complexity index is 464. The Kier molecular flexibility index (Phi) is 4.50. The molecule has 0 saturated carbocycles. The molecule has 1 unspecified atom stereocenters. The molecule has 4 nitrogen and oxygen atoms in total. The summed E-state index contributed by atoms with van der Waals surface area (Å²) in [5.41, 5.74) is 0.505. The van der Waals surface area contributed by atoms with Crippen molar-refractivity contribution in [3.05, 3.63) is 35.1 Å². The summed E-state index contributed by atoms with van der Waals surface area (Å²) in [6, 6.07) is 3.86. The molecular weight excluding hydrogens is 249 g/mol. The van der Waals surface area contributed by atoms with Crippen LogP contribution in [-0.4, -0.2) is 40.8 Å². The molecule has 0 aromatic heterocycles. The number of nitrogens with zero attached hydrogens (tertiary/aromatic N) is 1. The Morgan fingerprint density at radius 1 is 1.47 bits per heavy atom. The van der Waals surface area contributed by atoms with E-state index in [4.69, 9.17) is 10.2 Å². The van der Waals surface area contributed by atoms with E-state index < -0.39 is 5.97 Å². The highest BCUT2D eigenvalue weighted by Gasteiger charge is 2.20. The molecule has 1 fully saturated rings. The van der Waals surface area contributed by atoms with Crippen molar-refractivity contribution in [2.45, 2.75) is 19.4 Å². The Morgan fingerprint density at radius 2 is 2.26 bits per heavy atom. The monoisotopic (exact) mass is 267 g/mol. The lowest BCUT2D eigenvalue weighted by atomic mass is 9.98. The van der Waals surface area contributed by atoms with Crippen LogP contribution in [0.3, 0.4) is 0 Å². The fraction of sp³-hybridized carbons (Fsp3) is 0.500. The van der Waals surface area contributed by atoms with Gasteiger partial charge in [0.25, 0.3) is 0 Å². The number of carboxylic acid groups (broad SMARTS) is 1. The number of likely N-dealkylation sites (tertiary alicyclic amines) is 1. The van der Waals surface area contributed by atoms with Crippen LogP contribution < -0.4 is 0 Å². The minimum atomic E-state index is -1.05. The van der Waals surface area contributed by atoms with Gasteiger partial charge in [0, 0.05) is 25.3 Å². The Labute approximate surface area is 111 Å². The standard InChI is InChI=1S/C14H18FNO3/c15-13-4-3-11(14(18)19)6-12(13)8-16-5-1-2-10(7-16)9-17/h3-4,6,10,17H,1-2,5,7-9H2,(H,18,19). The summed E-state index contributed by atoms with van der Waals surface area (Å²) in [5, 5.41) is 18.1.